The second-order valence-electron chi connectivity index (χ2n) is 10.4. The predicted molar refractivity (Wildman–Crippen MR) is 156 cm³/mol. The summed E-state index contributed by atoms with van der Waals surface area (Å²) in [5.41, 5.74) is 9.36. The normalized spacial score (nSPS) is 12.0. The lowest BCUT2D eigenvalue weighted by molar-refractivity contribution is -0.147. The summed E-state index contributed by atoms with van der Waals surface area (Å²) in [7, 11) is 0.0172. The van der Waals surface area contributed by atoms with Crippen LogP contribution in [-0.4, -0.2) is 43.4 Å². The molecule has 1 aromatic heterocycles. The molecule has 0 aliphatic rings. The van der Waals surface area contributed by atoms with Gasteiger partial charge in [-0.2, -0.15) is 0 Å². The van der Waals surface area contributed by atoms with Crippen molar-refractivity contribution in [3.05, 3.63) is 78.8 Å². The number of anilines is 2. The lowest BCUT2D eigenvalue weighted by Crippen LogP contribution is -2.23. The van der Waals surface area contributed by atoms with E-state index in [1.807, 2.05) is 41.1 Å². The molecule has 0 bridgehead atoms. The average Bonchev–Trinajstić information content (AvgIpc) is 3.31. The lowest BCUT2D eigenvalue weighted by atomic mass is 10.0. The Morgan fingerprint density at radius 2 is 1.92 bits per heavy atom. The number of nitrogens with two attached hydrogens (primary N) is 1. The van der Waals surface area contributed by atoms with Gasteiger partial charge in [-0.15, -0.1) is 6.58 Å². The van der Waals surface area contributed by atoms with Gasteiger partial charge in [0.2, 0.25) is 0 Å². The van der Waals surface area contributed by atoms with E-state index in [1.54, 1.807) is 24.3 Å². The molecule has 9 nitrogen and oxygen atoms in total. The molecule has 10 heteroatoms. The fourth-order valence-electron chi connectivity index (χ4n) is 3.83. The van der Waals surface area contributed by atoms with Crippen molar-refractivity contribution in [2.75, 3.05) is 24.8 Å². The van der Waals surface area contributed by atoms with Crippen molar-refractivity contribution in [1.82, 2.24) is 9.55 Å². The molecule has 1 amide bonds. The number of benzene rings is 2. The number of ether oxygens (including phenoxy) is 3. The van der Waals surface area contributed by atoms with Gasteiger partial charge in [-0.3, -0.25) is 10.1 Å². The topological polar surface area (TPSA) is 118 Å². The molecule has 0 aliphatic carbocycles. The summed E-state index contributed by atoms with van der Waals surface area (Å²) < 4.78 is 18.2. The van der Waals surface area contributed by atoms with E-state index in [-0.39, 0.29) is 13.3 Å². The van der Waals surface area contributed by atoms with Crippen LogP contribution in [0.15, 0.2) is 67.4 Å². The molecule has 0 saturated heterocycles. The number of methoxy groups -OCH3 is 1. The van der Waals surface area contributed by atoms with Crippen molar-refractivity contribution in [3.63, 3.8) is 0 Å². The first-order chi connectivity index (χ1) is 18.6. The number of aromatic nitrogens is 2. The molecule has 3 aromatic rings. The number of carbonyl (C=O) groups is 2. The molecule has 0 fully saturated rings. The number of hydrogen-bond acceptors (Lipinski definition) is 7. The minimum absolute atomic E-state index is 0.162. The number of hydrogen-bond donors (Lipinski definition) is 2. The van der Waals surface area contributed by atoms with Crippen LogP contribution in [-0.2, 0) is 32.3 Å². The van der Waals surface area contributed by atoms with Crippen LogP contribution in [0.1, 0.15) is 23.7 Å². The number of rotatable bonds is 13. The minimum Gasteiger partial charge on any atom is -0.460 e. The van der Waals surface area contributed by atoms with Crippen molar-refractivity contribution in [2.45, 2.75) is 51.4 Å². The maximum absolute atomic E-state index is 13.3. The molecule has 3 rings (SSSR count). The molecular weight excluding hydrogens is 512 g/mol. The molecule has 0 spiro atoms. The summed E-state index contributed by atoms with van der Waals surface area (Å²) in [4.78, 5) is 29.7. The standard InChI is InChI=1S/C29H38N4O5Si/c1-6-10-24(28(34)38-19-21-11-8-7-9-12-21)27-32-26(18-33(27)20-37-15-16-39(3,4)5)23-14-13-22(17-25(23)30)31-29(35)36-2/h6-9,11-14,17-18,24H,1,10,15-16,19-20,30H2,2-5H3,(H,31,35). The fraction of sp³-hybridized carbons (Fsp3) is 0.345. The fourth-order valence-corrected chi connectivity index (χ4v) is 4.59. The van der Waals surface area contributed by atoms with Crippen LogP contribution in [0.25, 0.3) is 11.3 Å². The molecule has 39 heavy (non-hydrogen) atoms. The van der Waals surface area contributed by atoms with Gasteiger partial charge in [0.1, 0.15) is 25.1 Å². The van der Waals surface area contributed by atoms with E-state index in [0.717, 1.165) is 11.6 Å². The Morgan fingerprint density at radius 1 is 1.18 bits per heavy atom. The van der Waals surface area contributed by atoms with Crippen LogP contribution < -0.4 is 11.1 Å². The molecule has 3 N–H and O–H groups in total. The summed E-state index contributed by atoms with van der Waals surface area (Å²) in [6.07, 6.45) is 3.26. The molecule has 1 heterocycles. The number of amides is 1. The molecule has 0 saturated carbocycles. The number of nitrogens with zero attached hydrogens (tertiary/aromatic N) is 2. The number of nitrogen functional groups attached to an aromatic ring is 1. The lowest BCUT2D eigenvalue weighted by Gasteiger charge is -2.18. The van der Waals surface area contributed by atoms with E-state index >= 15 is 0 Å². The molecule has 208 valence electrons. The van der Waals surface area contributed by atoms with E-state index in [2.05, 4.69) is 36.3 Å². The second kappa shape index (κ2) is 13.8. The summed E-state index contributed by atoms with van der Waals surface area (Å²) in [6, 6.07) is 15.6. The minimum atomic E-state index is -1.27. The summed E-state index contributed by atoms with van der Waals surface area (Å²) in [6.45, 7) is 11.7. The van der Waals surface area contributed by atoms with Gasteiger partial charge in [-0.25, -0.2) is 9.78 Å². The molecule has 1 atom stereocenters. The van der Waals surface area contributed by atoms with E-state index in [0.29, 0.717) is 41.5 Å². The number of carbonyl (C=O) groups excluding carboxylic acids is 2. The molecule has 1 unspecified atom stereocenters. The largest absolute Gasteiger partial charge is 0.460 e. The zero-order chi connectivity index (χ0) is 28.4. The molecule has 2 aromatic carbocycles. The first kappa shape index (κ1) is 29.7. The highest BCUT2D eigenvalue weighted by atomic mass is 28.3. The molecule has 0 aliphatic heterocycles. The summed E-state index contributed by atoms with van der Waals surface area (Å²) in [5.74, 6) is -0.570. The van der Waals surface area contributed by atoms with E-state index in [1.165, 1.54) is 7.11 Å². The zero-order valence-corrected chi connectivity index (χ0v) is 24.1. The number of esters is 1. The third-order valence-corrected chi connectivity index (χ3v) is 7.72. The van der Waals surface area contributed by atoms with Crippen LogP contribution in [0, 0.1) is 0 Å². The Hall–Kier alpha value is -3.89. The number of imidazole rings is 1. The second-order valence-corrected chi connectivity index (χ2v) is 16.0. The number of nitrogens with one attached hydrogen (secondary N) is 1. The van der Waals surface area contributed by atoms with Gasteiger partial charge in [0.05, 0.1) is 12.8 Å². The first-order valence-corrected chi connectivity index (χ1v) is 16.5. The van der Waals surface area contributed by atoms with Gasteiger partial charge >= 0.3 is 12.1 Å². The zero-order valence-electron chi connectivity index (χ0n) is 23.1. The maximum Gasteiger partial charge on any atom is 0.411 e. The average molecular weight is 551 g/mol. The summed E-state index contributed by atoms with van der Waals surface area (Å²) in [5, 5.41) is 2.60. The highest BCUT2D eigenvalue weighted by Crippen LogP contribution is 2.31. The monoisotopic (exact) mass is 550 g/mol. The Kier molecular flexibility index (Phi) is 10.5. The van der Waals surface area contributed by atoms with Gasteiger partial charge in [-0.1, -0.05) is 56.0 Å². The van der Waals surface area contributed by atoms with Crippen LogP contribution in [0.5, 0.6) is 0 Å². The van der Waals surface area contributed by atoms with Crippen molar-refractivity contribution >= 4 is 31.5 Å². The van der Waals surface area contributed by atoms with Crippen LogP contribution in [0.4, 0.5) is 16.2 Å². The van der Waals surface area contributed by atoms with E-state index < -0.39 is 26.1 Å². The van der Waals surface area contributed by atoms with E-state index in [9.17, 15) is 9.59 Å². The van der Waals surface area contributed by atoms with Gasteiger partial charge in [0.15, 0.2) is 0 Å². The van der Waals surface area contributed by atoms with Gasteiger partial charge in [0, 0.05) is 37.8 Å². The van der Waals surface area contributed by atoms with Gasteiger partial charge in [0.25, 0.3) is 0 Å². The Bertz CT molecular complexity index is 1270. The summed E-state index contributed by atoms with van der Waals surface area (Å²) >= 11 is 0. The SMILES string of the molecule is C=CCC(C(=O)OCc1ccccc1)c1nc(-c2ccc(NC(=O)OC)cc2N)cn1COCC[Si](C)(C)C. The van der Waals surface area contributed by atoms with E-state index in [4.69, 9.17) is 20.2 Å². The smallest absolute Gasteiger partial charge is 0.411 e. The van der Waals surface area contributed by atoms with Crippen LogP contribution in [0.2, 0.25) is 25.7 Å². The predicted octanol–water partition coefficient (Wildman–Crippen LogP) is 6.03. The highest BCUT2D eigenvalue weighted by Gasteiger charge is 2.28. The van der Waals surface area contributed by atoms with Gasteiger partial charge < -0.3 is 24.5 Å². The van der Waals surface area contributed by atoms with Crippen molar-refractivity contribution < 1.29 is 23.8 Å². The maximum atomic E-state index is 13.3. The van der Waals surface area contributed by atoms with Gasteiger partial charge in [-0.05, 0) is 36.2 Å². The Labute approximate surface area is 231 Å². The van der Waals surface area contributed by atoms with Crippen LogP contribution in [0.3, 0.4) is 0 Å². The van der Waals surface area contributed by atoms with Crippen LogP contribution >= 0.6 is 0 Å². The molecular formula is C29H38N4O5Si. The van der Waals surface area contributed by atoms with Crippen molar-refractivity contribution in [3.8, 4) is 11.3 Å². The first-order valence-electron chi connectivity index (χ1n) is 12.8. The Morgan fingerprint density at radius 3 is 2.56 bits per heavy atom. The molecule has 0 radical (unpaired) electrons. The Balaban J connectivity index is 1.90. The third-order valence-electron chi connectivity index (χ3n) is 6.02. The quantitative estimate of drug-likeness (QED) is 0.0877. The van der Waals surface area contributed by atoms with Crippen molar-refractivity contribution in [1.29, 1.82) is 0 Å². The highest BCUT2D eigenvalue weighted by molar-refractivity contribution is 6.76. The third kappa shape index (κ3) is 8.83. The number of allylic oxidation sites excluding steroid dienone is 1. The van der Waals surface area contributed by atoms with Crippen molar-refractivity contribution in [2.24, 2.45) is 0 Å².